The molecule has 0 aliphatic carbocycles. The fraction of sp³-hybridized carbons (Fsp3) is 0.524. The first kappa shape index (κ1) is 22.3. The van der Waals surface area contributed by atoms with Crippen molar-refractivity contribution in [2.45, 2.75) is 45.6 Å². The molecule has 0 saturated carbocycles. The number of aromatic nitrogens is 1. The molecule has 1 aromatic heterocycles. The van der Waals surface area contributed by atoms with Crippen molar-refractivity contribution in [3.8, 4) is 0 Å². The quantitative estimate of drug-likeness (QED) is 0.737. The molecule has 1 atom stereocenters. The van der Waals surface area contributed by atoms with E-state index in [2.05, 4.69) is 15.2 Å². The smallest absolute Gasteiger partial charge is 0.416 e. The van der Waals surface area contributed by atoms with Crippen LogP contribution in [0.1, 0.15) is 47.8 Å². The number of piperazine rings is 1. The van der Waals surface area contributed by atoms with E-state index in [0.29, 0.717) is 44.2 Å². The molecule has 1 N–H and O–H groups in total. The average Bonchev–Trinajstić information content (AvgIpc) is 3.17. The van der Waals surface area contributed by atoms with Gasteiger partial charge in [-0.25, -0.2) is 4.98 Å². The normalized spacial score (nSPS) is 17.1. The van der Waals surface area contributed by atoms with Gasteiger partial charge in [-0.1, -0.05) is 25.1 Å². The Morgan fingerprint density at radius 2 is 1.80 bits per heavy atom. The zero-order valence-corrected chi connectivity index (χ0v) is 17.2. The highest BCUT2D eigenvalue weighted by Gasteiger charge is 2.33. The Morgan fingerprint density at radius 3 is 2.43 bits per heavy atom. The van der Waals surface area contributed by atoms with Crippen molar-refractivity contribution in [3.05, 3.63) is 53.2 Å². The fourth-order valence-electron chi connectivity index (χ4n) is 3.36. The summed E-state index contributed by atoms with van der Waals surface area (Å²) in [5.41, 5.74) is -0.0220. The Labute approximate surface area is 174 Å². The monoisotopic (exact) mass is 424 g/mol. The molecule has 6 nitrogen and oxygen atoms in total. The van der Waals surface area contributed by atoms with Crippen LogP contribution in [0.4, 0.5) is 13.2 Å². The van der Waals surface area contributed by atoms with Gasteiger partial charge in [-0.3, -0.25) is 14.6 Å². The predicted octanol–water partition coefficient (Wildman–Crippen LogP) is 3.54. The number of oxazole rings is 1. The molecule has 1 aliphatic heterocycles. The number of alkyl halides is 3. The number of rotatable bonds is 7. The number of carbonyl (C=O) groups is 1. The van der Waals surface area contributed by atoms with E-state index in [0.717, 1.165) is 12.5 Å². The van der Waals surface area contributed by atoms with Gasteiger partial charge in [0.25, 0.3) is 5.91 Å². The second-order valence-electron chi connectivity index (χ2n) is 7.62. The van der Waals surface area contributed by atoms with Gasteiger partial charge in [-0.15, -0.1) is 0 Å². The number of hydrogen-bond donors (Lipinski definition) is 1. The first-order valence-electron chi connectivity index (χ1n) is 10.1. The minimum atomic E-state index is -4.34. The molecule has 164 valence electrons. The highest BCUT2D eigenvalue weighted by Crippen LogP contribution is 2.32. The molecule has 9 heteroatoms. The maximum absolute atomic E-state index is 13.2. The van der Waals surface area contributed by atoms with Crippen LogP contribution in [0.25, 0.3) is 0 Å². The van der Waals surface area contributed by atoms with E-state index in [9.17, 15) is 18.0 Å². The molecule has 1 aromatic carbocycles. The summed E-state index contributed by atoms with van der Waals surface area (Å²) in [6.07, 6.45) is -2.16. The van der Waals surface area contributed by atoms with E-state index < -0.39 is 11.7 Å². The van der Waals surface area contributed by atoms with Gasteiger partial charge >= 0.3 is 6.18 Å². The summed E-state index contributed by atoms with van der Waals surface area (Å²) >= 11 is 0. The van der Waals surface area contributed by atoms with Gasteiger partial charge in [0.15, 0.2) is 5.69 Å². The minimum absolute atomic E-state index is 0.0632. The van der Waals surface area contributed by atoms with Crippen molar-refractivity contribution in [1.29, 1.82) is 0 Å². The molecule has 1 saturated heterocycles. The van der Waals surface area contributed by atoms with Crippen LogP contribution in [0, 0.1) is 0 Å². The van der Waals surface area contributed by atoms with Gasteiger partial charge in [0.1, 0.15) is 6.26 Å². The van der Waals surface area contributed by atoms with E-state index in [4.69, 9.17) is 4.42 Å². The number of benzene rings is 1. The topological polar surface area (TPSA) is 61.6 Å². The number of amides is 1. The van der Waals surface area contributed by atoms with E-state index in [1.165, 1.54) is 18.4 Å². The van der Waals surface area contributed by atoms with Crippen LogP contribution < -0.4 is 5.32 Å². The Balaban J connectivity index is 1.51. The summed E-state index contributed by atoms with van der Waals surface area (Å²) in [5, 5.41) is 2.85. The summed E-state index contributed by atoms with van der Waals surface area (Å²) in [4.78, 5) is 20.5. The van der Waals surface area contributed by atoms with Crippen LogP contribution in [0.2, 0.25) is 0 Å². The molecule has 3 rings (SSSR count). The summed E-state index contributed by atoms with van der Waals surface area (Å²) in [5.74, 6) is 0.202. The largest absolute Gasteiger partial charge is 0.447 e. The summed E-state index contributed by atoms with van der Waals surface area (Å²) < 4.78 is 45.0. The highest BCUT2D eigenvalue weighted by atomic mass is 19.4. The predicted molar refractivity (Wildman–Crippen MR) is 106 cm³/mol. The highest BCUT2D eigenvalue weighted by molar-refractivity contribution is 5.92. The van der Waals surface area contributed by atoms with Crippen LogP contribution in [-0.4, -0.2) is 52.9 Å². The lowest BCUT2D eigenvalue weighted by Crippen LogP contribution is -2.45. The third-order valence-corrected chi connectivity index (χ3v) is 5.31. The zero-order chi connectivity index (χ0) is 21.7. The summed E-state index contributed by atoms with van der Waals surface area (Å²) in [7, 11) is 0. The molecule has 0 spiro atoms. The number of nitrogens with zero attached hydrogens (tertiary/aromatic N) is 3. The standard InChI is InChI=1S/C21H27F3N4O2/c1-3-15(2)25-20(29)18-14-30-19(26-18)13-28-10-8-27(9-11-28)12-16-6-4-5-7-17(16)21(22,23)24/h4-7,14-15H,3,8-13H2,1-2H3,(H,25,29). The first-order chi connectivity index (χ1) is 14.3. The lowest BCUT2D eigenvalue weighted by atomic mass is 10.1. The lowest BCUT2D eigenvalue weighted by Gasteiger charge is -2.34. The van der Waals surface area contributed by atoms with Crippen molar-refractivity contribution in [2.75, 3.05) is 26.2 Å². The van der Waals surface area contributed by atoms with Gasteiger partial charge in [0.2, 0.25) is 5.89 Å². The average molecular weight is 424 g/mol. The van der Waals surface area contributed by atoms with Crippen molar-refractivity contribution in [1.82, 2.24) is 20.1 Å². The molecule has 0 bridgehead atoms. The second kappa shape index (κ2) is 9.61. The molecule has 0 radical (unpaired) electrons. The van der Waals surface area contributed by atoms with Crippen LogP contribution in [0.5, 0.6) is 0 Å². The molecule has 30 heavy (non-hydrogen) atoms. The zero-order valence-electron chi connectivity index (χ0n) is 17.2. The Kier molecular flexibility index (Phi) is 7.14. The minimum Gasteiger partial charge on any atom is -0.447 e. The number of halogens is 3. The summed E-state index contributed by atoms with van der Waals surface area (Å²) in [6.45, 7) is 7.30. The van der Waals surface area contributed by atoms with Crippen LogP contribution >= 0.6 is 0 Å². The molecule has 2 heterocycles. The Hall–Kier alpha value is -2.39. The molecular formula is C21H27F3N4O2. The molecule has 2 aromatic rings. The maximum Gasteiger partial charge on any atom is 0.416 e. The molecule has 1 amide bonds. The Morgan fingerprint density at radius 1 is 1.17 bits per heavy atom. The van der Waals surface area contributed by atoms with Crippen molar-refractivity contribution in [3.63, 3.8) is 0 Å². The maximum atomic E-state index is 13.2. The molecule has 1 unspecified atom stereocenters. The second-order valence-corrected chi connectivity index (χ2v) is 7.62. The SMILES string of the molecule is CCC(C)NC(=O)c1coc(CN2CCN(Cc3ccccc3C(F)(F)F)CC2)n1. The lowest BCUT2D eigenvalue weighted by molar-refractivity contribution is -0.138. The van der Waals surface area contributed by atoms with Crippen molar-refractivity contribution in [2.24, 2.45) is 0 Å². The number of carbonyl (C=O) groups excluding carboxylic acids is 1. The first-order valence-corrected chi connectivity index (χ1v) is 10.1. The molecule has 1 fully saturated rings. The van der Waals surface area contributed by atoms with Crippen molar-refractivity contribution < 1.29 is 22.4 Å². The van der Waals surface area contributed by atoms with Gasteiger partial charge < -0.3 is 9.73 Å². The van der Waals surface area contributed by atoms with E-state index >= 15 is 0 Å². The van der Waals surface area contributed by atoms with E-state index in [1.807, 2.05) is 18.7 Å². The third-order valence-electron chi connectivity index (χ3n) is 5.31. The van der Waals surface area contributed by atoms with Gasteiger partial charge in [0, 0.05) is 38.8 Å². The Bertz CT molecular complexity index is 845. The number of nitrogens with one attached hydrogen (secondary N) is 1. The van der Waals surface area contributed by atoms with Crippen molar-refractivity contribution >= 4 is 5.91 Å². The molecular weight excluding hydrogens is 397 g/mol. The van der Waals surface area contributed by atoms with E-state index in [1.54, 1.807) is 6.07 Å². The number of hydrogen-bond acceptors (Lipinski definition) is 5. The summed E-state index contributed by atoms with van der Waals surface area (Å²) in [6, 6.07) is 5.78. The van der Waals surface area contributed by atoms with E-state index in [-0.39, 0.29) is 24.2 Å². The molecule has 1 aliphatic rings. The van der Waals surface area contributed by atoms with Crippen LogP contribution in [0.3, 0.4) is 0 Å². The van der Waals surface area contributed by atoms with Gasteiger partial charge in [0.05, 0.1) is 12.1 Å². The van der Waals surface area contributed by atoms with Gasteiger partial charge in [-0.05, 0) is 25.0 Å². The van der Waals surface area contributed by atoms with Crippen LogP contribution in [0.15, 0.2) is 34.9 Å². The van der Waals surface area contributed by atoms with Crippen LogP contribution in [-0.2, 0) is 19.3 Å². The fourth-order valence-corrected chi connectivity index (χ4v) is 3.36. The van der Waals surface area contributed by atoms with Gasteiger partial charge in [-0.2, -0.15) is 13.2 Å². The third kappa shape index (κ3) is 5.82.